The molecule has 0 spiro atoms. The van der Waals surface area contributed by atoms with E-state index in [1.54, 1.807) is 24.0 Å². The molecule has 0 N–H and O–H groups in total. The first-order chi connectivity index (χ1) is 13.4. The highest BCUT2D eigenvalue weighted by molar-refractivity contribution is 7.89. The molecule has 0 aromatic heterocycles. The van der Waals surface area contributed by atoms with Crippen LogP contribution in [0.1, 0.15) is 16.7 Å². The number of carbonyl (C=O) groups excluding carboxylic acids is 1. The Morgan fingerprint density at radius 1 is 1.07 bits per heavy atom. The van der Waals surface area contributed by atoms with Crippen molar-refractivity contribution < 1.29 is 17.9 Å². The smallest absolute Gasteiger partial charge is 0.244 e. The Bertz CT molecular complexity index is 923. The van der Waals surface area contributed by atoms with Gasteiger partial charge in [-0.1, -0.05) is 42.5 Å². The third-order valence-electron chi connectivity index (χ3n) is 4.84. The highest BCUT2D eigenvalue weighted by Gasteiger charge is 2.30. The highest BCUT2D eigenvalue weighted by atomic mass is 32.2. The molecule has 28 heavy (non-hydrogen) atoms. The summed E-state index contributed by atoms with van der Waals surface area (Å²) in [5, 5.41) is 0. The fourth-order valence-electron chi connectivity index (χ4n) is 3.20. The second-order valence-corrected chi connectivity index (χ2v) is 8.93. The van der Waals surface area contributed by atoms with E-state index in [-0.39, 0.29) is 23.9 Å². The quantitative estimate of drug-likeness (QED) is 0.744. The molecule has 1 heterocycles. The van der Waals surface area contributed by atoms with E-state index in [1.807, 2.05) is 43.3 Å². The molecule has 0 radical (unpaired) electrons. The maximum absolute atomic E-state index is 13.5. The van der Waals surface area contributed by atoms with E-state index in [0.29, 0.717) is 31.9 Å². The second kappa shape index (κ2) is 8.86. The first-order valence-corrected chi connectivity index (χ1v) is 10.8. The van der Waals surface area contributed by atoms with Gasteiger partial charge in [0.1, 0.15) is 0 Å². The van der Waals surface area contributed by atoms with Crippen LogP contribution in [0, 0.1) is 13.8 Å². The molecule has 2 aromatic carbocycles. The molecular formula is C21H26N2O4S. The molecule has 0 unspecified atom stereocenters. The molecule has 1 fully saturated rings. The zero-order chi connectivity index (χ0) is 20.1. The SMILES string of the molecule is Cc1ccc(C)c(S(=O)(=O)N(CC(=O)N2CCOCC2)Cc2ccccc2)c1. The van der Waals surface area contributed by atoms with Crippen molar-refractivity contribution in [3.63, 3.8) is 0 Å². The van der Waals surface area contributed by atoms with Gasteiger partial charge in [-0.3, -0.25) is 4.79 Å². The van der Waals surface area contributed by atoms with Crippen molar-refractivity contribution in [2.45, 2.75) is 25.3 Å². The van der Waals surface area contributed by atoms with Crippen molar-refractivity contribution in [3.05, 3.63) is 65.2 Å². The summed E-state index contributed by atoms with van der Waals surface area (Å²) in [6.45, 7) is 5.53. The lowest BCUT2D eigenvalue weighted by atomic mass is 10.2. The van der Waals surface area contributed by atoms with Crippen LogP contribution in [0.4, 0.5) is 0 Å². The number of aryl methyl sites for hydroxylation is 2. The summed E-state index contributed by atoms with van der Waals surface area (Å²) in [5.74, 6) is -0.201. The Balaban J connectivity index is 1.92. The van der Waals surface area contributed by atoms with Crippen LogP contribution < -0.4 is 0 Å². The van der Waals surface area contributed by atoms with Gasteiger partial charge in [0, 0.05) is 19.6 Å². The molecule has 150 valence electrons. The minimum Gasteiger partial charge on any atom is -0.378 e. The van der Waals surface area contributed by atoms with Crippen LogP contribution in [0.25, 0.3) is 0 Å². The largest absolute Gasteiger partial charge is 0.378 e. The van der Waals surface area contributed by atoms with Crippen LogP contribution in [0.2, 0.25) is 0 Å². The molecule has 2 aromatic rings. The van der Waals surface area contributed by atoms with Crippen molar-refractivity contribution >= 4 is 15.9 Å². The summed E-state index contributed by atoms with van der Waals surface area (Å²) in [5.41, 5.74) is 2.37. The summed E-state index contributed by atoms with van der Waals surface area (Å²) in [6, 6.07) is 14.7. The number of morpholine rings is 1. The maximum atomic E-state index is 13.5. The number of benzene rings is 2. The standard InChI is InChI=1S/C21H26N2O4S/c1-17-8-9-18(2)20(14-17)28(25,26)23(15-19-6-4-3-5-7-19)16-21(24)22-10-12-27-13-11-22/h3-9,14H,10-13,15-16H2,1-2H3. The van der Waals surface area contributed by atoms with E-state index >= 15 is 0 Å². The van der Waals surface area contributed by atoms with Crippen molar-refractivity contribution in [3.8, 4) is 0 Å². The van der Waals surface area contributed by atoms with Crippen LogP contribution in [-0.2, 0) is 26.1 Å². The van der Waals surface area contributed by atoms with E-state index in [4.69, 9.17) is 4.74 Å². The molecule has 7 heteroatoms. The molecule has 0 saturated carbocycles. The topological polar surface area (TPSA) is 66.9 Å². The number of rotatable bonds is 6. The van der Waals surface area contributed by atoms with Crippen molar-refractivity contribution in [2.75, 3.05) is 32.8 Å². The third kappa shape index (κ3) is 4.79. The number of sulfonamides is 1. The van der Waals surface area contributed by atoms with Gasteiger partial charge >= 0.3 is 0 Å². The molecular weight excluding hydrogens is 376 g/mol. The van der Waals surface area contributed by atoms with Gasteiger partial charge in [0.25, 0.3) is 0 Å². The number of carbonyl (C=O) groups is 1. The van der Waals surface area contributed by atoms with Crippen LogP contribution in [0.15, 0.2) is 53.4 Å². The molecule has 1 saturated heterocycles. The van der Waals surface area contributed by atoms with Gasteiger partial charge in [-0.05, 0) is 36.6 Å². The Kier molecular flexibility index (Phi) is 6.49. The van der Waals surface area contributed by atoms with Gasteiger partial charge in [0.2, 0.25) is 15.9 Å². The van der Waals surface area contributed by atoms with Gasteiger partial charge in [-0.2, -0.15) is 4.31 Å². The van der Waals surface area contributed by atoms with Crippen LogP contribution in [0.3, 0.4) is 0 Å². The second-order valence-electron chi connectivity index (χ2n) is 7.02. The van der Waals surface area contributed by atoms with Gasteiger partial charge in [-0.15, -0.1) is 0 Å². The van der Waals surface area contributed by atoms with Crippen LogP contribution in [0.5, 0.6) is 0 Å². The Morgan fingerprint density at radius 2 is 1.75 bits per heavy atom. The summed E-state index contributed by atoms with van der Waals surface area (Å²) >= 11 is 0. The summed E-state index contributed by atoms with van der Waals surface area (Å²) in [4.78, 5) is 14.7. The lowest BCUT2D eigenvalue weighted by Gasteiger charge is -2.30. The van der Waals surface area contributed by atoms with Crippen molar-refractivity contribution in [1.29, 1.82) is 0 Å². The minimum absolute atomic E-state index is 0.145. The molecule has 1 aliphatic heterocycles. The zero-order valence-corrected chi connectivity index (χ0v) is 17.1. The fraction of sp³-hybridized carbons (Fsp3) is 0.381. The normalized spacial score (nSPS) is 15.0. The molecule has 0 aliphatic carbocycles. The fourth-order valence-corrected chi connectivity index (χ4v) is 4.89. The first-order valence-electron chi connectivity index (χ1n) is 9.35. The van der Waals surface area contributed by atoms with Crippen LogP contribution in [-0.4, -0.2) is 56.4 Å². The average molecular weight is 403 g/mol. The minimum atomic E-state index is -3.83. The van der Waals surface area contributed by atoms with Gasteiger partial charge in [-0.25, -0.2) is 8.42 Å². The van der Waals surface area contributed by atoms with Gasteiger partial charge in [0.15, 0.2) is 0 Å². The number of nitrogens with zero attached hydrogens (tertiary/aromatic N) is 2. The summed E-state index contributed by atoms with van der Waals surface area (Å²) in [7, 11) is -3.83. The van der Waals surface area contributed by atoms with Crippen LogP contribution >= 0.6 is 0 Å². The molecule has 0 bridgehead atoms. The van der Waals surface area contributed by atoms with E-state index in [0.717, 1.165) is 11.1 Å². The molecule has 0 atom stereocenters. The highest BCUT2D eigenvalue weighted by Crippen LogP contribution is 2.23. The van der Waals surface area contributed by atoms with Gasteiger partial charge < -0.3 is 9.64 Å². The predicted molar refractivity (Wildman–Crippen MR) is 107 cm³/mol. The zero-order valence-electron chi connectivity index (χ0n) is 16.3. The molecule has 6 nitrogen and oxygen atoms in total. The predicted octanol–water partition coefficient (Wildman–Crippen LogP) is 2.35. The van der Waals surface area contributed by atoms with Crippen molar-refractivity contribution in [2.24, 2.45) is 0 Å². The lowest BCUT2D eigenvalue weighted by Crippen LogP contribution is -2.47. The molecule has 3 rings (SSSR count). The lowest BCUT2D eigenvalue weighted by molar-refractivity contribution is -0.135. The number of hydrogen-bond donors (Lipinski definition) is 0. The van der Waals surface area contributed by atoms with E-state index in [9.17, 15) is 13.2 Å². The molecule has 1 aliphatic rings. The van der Waals surface area contributed by atoms with Crippen molar-refractivity contribution in [1.82, 2.24) is 9.21 Å². The Morgan fingerprint density at radius 3 is 2.43 bits per heavy atom. The third-order valence-corrected chi connectivity index (χ3v) is 6.77. The summed E-state index contributed by atoms with van der Waals surface area (Å²) < 4.78 is 33.5. The number of ether oxygens (including phenoxy) is 1. The Hall–Kier alpha value is -2.22. The Labute approximate surface area is 166 Å². The first kappa shape index (κ1) is 20.5. The molecule has 1 amide bonds. The van der Waals surface area contributed by atoms with E-state index in [2.05, 4.69) is 0 Å². The van der Waals surface area contributed by atoms with E-state index < -0.39 is 10.0 Å². The summed E-state index contributed by atoms with van der Waals surface area (Å²) in [6.07, 6.45) is 0. The number of hydrogen-bond acceptors (Lipinski definition) is 4. The monoisotopic (exact) mass is 402 g/mol. The maximum Gasteiger partial charge on any atom is 0.244 e. The van der Waals surface area contributed by atoms with Gasteiger partial charge in [0.05, 0.1) is 24.7 Å². The average Bonchev–Trinajstić information content (AvgIpc) is 2.70. The van der Waals surface area contributed by atoms with E-state index in [1.165, 1.54) is 4.31 Å². The number of amides is 1.